The highest BCUT2D eigenvalue weighted by Crippen LogP contribution is 2.23. The van der Waals surface area contributed by atoms with Crippen molar-refractivity contribution in [3.05, 3.63) is 46.2 Å². The number of anilines is 1. The monoisotopic (exact) mass is 387 g/mol. The Morgan fingerprint density at radius 3 is 2.89 bits per heavy atom. The molecular formula is C20H25N3O3S. The van der Waals surface area contributed by atoms with Gasteiger partial charge in [0.25, 0.3) is 5.91 Å². The molecule has 0 spiro atoms. The van der Waals surface area contributed by atoms with Gasteiger partial charge in [0.2, 0.25) is 0 Å². The molecule has 2 aromatic rings. The van der Waals surface area contributed by atoms with Crippen LogP contribution < -0.4 is 15.4 Å². The number of nitrogens with zero attached hydrogens (tertiary/aromatic N) is 1. The van der Waals surface area contributed by atoms with Crippen molar-refractivity contribution < 1.29 is 14.3 Å². The standard InChI is InChI=1S/C20H25N3O3S/c1-14-11-16(26-2)7-8-17(14)22-20(25)23-9-3-5-15(13-23)12-21-19(24)18-6-4-10-27-18/h4,6-8,10-11,15H,3,5,9,12-13H2,1-2H3,(H,21,24)(H,22,25)/t15-/m0/s1. The number of thiophene rings is 1. The molecule has 3 amide bonds. The van der Waals surface area contributed by atoms with Crippen LogP contribution in [0, 0.1) is 12.8 Å². The number of amides is 3. The first-order valence-corrected chi connectivity index (χ1v) is 9.97. The number of benzene rings is 1. The Morgan fingerprint density at radius 2 is 2.19 bits per heavy atom. The van der Waals surface area contributed by atoms with E-state index in [0.29, 0.717) is 13.1 Å². The molecule has 1 atom stereocenters. The van der Waals surface area contributed by atoms with Gasteiger partial charge in [-0.2, -0.15) is 0 Å². The van der Waals surface area contributed by atoms with E-state index < -0.39 is 0 Å². The van der Waals surface area contributed by atoms with Crippen LogP contribution in [0.2, 0.25) is 0 Å². The normalized spacial score (nSPS) is 16.7. The van der Waals surface area contributed by atoms with Gasteiger partial charge in [-0.1, -0.05) is 6.07 Å². The molecule has 144 valence electrons. The fourth-order valence-corrected chi connectivity index (χ4v) is 3.89. The maximum Gasteiger partial charge on any atom is 0.321 e. The number of piperidine rings is 1. The lowest BCUT2D eigenvalue weighted by molar-refractivity contribution is 0.0942. The van der Waals surface area contributed by atoms with Crippen LogP contribution in [0.25, 0.3) is 0 Å². The van der Waals surface area contributed by atoms with Gasteiger partial charge in [-0.05, 0) is 60.9 Å². The van der Waals surface area contributed by atoms with E-state index in [1.165, 1.54) is 11.3 Å². The van der Waals surface area contributed by atoms with Gasteiger partial charge in [0.15, 0.2) is 0 Å². The summed E-state index contributed by atoms with van der Waals surface area (Å²) in [6.07, 6.45) is 1.95. The number of carbonyl (C=O) groups is 2. The highest BCUT2D eigenvalue weighted by molar-refractivity contribution is 7.12. The van der Waals surface area contributed by atoms with Crippen molar-refractivity contribution in [1.82, 2.24) is 10.2 Å². The van der Waals surface area contributed by atoms with Gasteiger partial charge in [0.1, 0.15) is 5.75 Å². The molecule has 0 saturated carbocycles. The SMILES string of the molecule is COc1ccc(NC(=O)N2CCC[C@@H](CNC(=O)c3cccs3)C2)c(C)c1. The highest BCUT2D eigenvalue weighted by atomic mass is 32.1. The molecule has 1 fully saturated rings. The van der Waals surface area contributed by atoms with E-state index in [-0.39, 0.29) is 17.9 Å². The van der Waals surface area contributed by atoms with Crippen molar-refractivity contribution in [3.8, 4) is 5.75 Å². The number of methoxy groups -OCH3 is 1. The van der Waals surface area contributed by atoms with E-state index in [9.17, 15) is 9.59 Å². The largest absolute Gasteiger partial charge is 0.497 e. The summed E-state index contributed by atoms with van der Waals surface area (Å²) in [5, 5.41) is 7.86. The predicted octanol–water partition coefficient (Wildman–Crippen LogP) is 3.74. The summed E-state index contributed by atoms with van der Waals surface area (Å²) >= 11 is 1.43. The zero-order valence-electron chi connectivity index (χ0n) is 15.7. The number of nitrogens with one attached hydrogen (secondary N) is 2. The van der Waals surface area contributed by atoms with Crippen molar-refractivity contribution in [1.29, 1.82) is 0 Å². The lowest BCUT2D eigenvalue weighted by atomic mass is 9.98. The number of likely N-dealkylation sites (tertiary alicyclic amines) is 1. The number of aryl methyl sites for hydroxylation is 1. The molecule has 27 heavy (non-hydrogen) atoms. The van der Waals surface area contributed by atoms with Crippen LogP contribution in [-0.2, 0) is 0 Å². The minimum absolute atomic E-state index is 0.0413. The van der Waals surface area contributed by atoms with Crippen molar-refractivity contribution >= 4 is 29.0 Å². The van der Waals surface area contributed by atoms with Crippen LogP contribution in [0.1, 0.15) is 28.1 Å². The van der Waals surface area contributed by atoms with Crippen molar-refractivity contribution in [3.63, 3.8) is 0 Å². The summed E-state index contributed by atoms with van der Waals surface area (Å²) in [7, 11) is 1.62. The Hall–Kier alpha value is -2.54. The smallest absolute Gasteiger partial charge is 0.321 e. The summed E-state index contributed by atoms with van der Waals surface area (Å²) in [5.74, 6) is 0.996. The number of urea groups is 1. The summed E-state index contributed by atoms with van der Waals surface area (Å²) < 4.78 is 5.20. The van der Waals surface area contributed by atoms with Crippen LogP contribution in [0.4, 0.5) is 10.5 Å². The maximum absolute atomic E-state index is 12.6. The summed E-state index contributed by atoms with van der Waals surface area (Å²) in [5.41, 5.74) is 1.74. The molecule has 0 bridgehead atoms. The molecule has 3 rings (SSSR count). The number of hydrogen-bond acceptors (Lipinski definition) is 4. The molecule has 0 radical (unpaired) electrons. The zero-order valence-corrected chi connectivity index (χ0v) is 16.5. The van der Waals surface area contributed by atoms with Gasteiger partial charge in [0, 0.05) is 25.3 Å². The lowest BCUT2D eigenvalue weighted by Crippen LogP contribution is -2.45. The fourth-order valence-electron chi connectivity index (χ4n) is 3.25. The average Bonchev–Trinajstić information content (AvgIpc) is 3.22. The second-order valence-corrected chi connectivity index (χ2v) is 7.70. The molecule has 6 nitrogen and oxygen atoms in total. The third kappa shape index (κ3) is 5.01. The first kappa shape index (κ1) is 19.2. The maximum atomic E-state index is 12.6. The third-order valence-electron chi connectivity index (χ3n) is 4.78. The molecule has 1 aliphatic rings. The number of carbonyl (C=O) groups excluding carboxylic acids is 2. The Kier molecular flexibility index (Phi) is 6.34. The summed E-state index contributed by atoms with van der Waals surface area (Å²) in [6.45, 7) is 3.90. The Bertz CT molecular complexity index is 792. The summed E-state index contributed by atoms with van der Waals surface area (Å²) in [6, 6.07) is 9.17. The average molecular weight is 388 g/mol. The third-order valence-corrected chi connectivity index (χ3v) is 5.65. The topological polar surface area (TPSA) is 70.7 Å². The molecule has 0 aliphatic carbocycles. The van der Waals surface area contributed by atoms with Crippen LogP contribution >= 0.6 is 11.3 Å². The number of hydrogen-bond donors (Lipinski definition) is 2. The highest BCUT2D eigenvalue weighted by Gasteiger charge is 2.24. The van der Waals surface area contributed by atoms with Gasteiger partial charge >= 0.3 is 6.03 Å². The van der Waals surface area contributed by atoms with Gasteiger partial charge < -0.3 is 20.3 Å². The van der Waals surface area contributed by atoms with Crippen LogP contribution in [0.5, 0.6) is 5.75 Å². The van der Waals surface area contributed by atoms with E-state index in [2.05, 4.69) is 10.6 Å². The predicted molar refractivity (Wildman–Crippen MR) is 108 cm³/mol. The molecule has 1 aromatic heterocycles. The molecule has 0 unspecified atom stereocenters. The molecule has 1 aromatic carbocycles. The Balaban J connectivity index is 1.52. The molecule has 1 aliphatic heterocycles. The van der Waals surface area contributed by atoms with Crippen molar-refractivity contribution in [2.75, 3.05) is 32.1 Å². The number of ether oxygens (including phenoxy) is 1. The molecular weight excluding hydrogens is 362 g/mol. The Labute approximate surface area is 163 Å². The van der Waals surface area contributed by atoms with Gasteiger partial charge in [0.05, 0.1) is 12.0 Å². The number of rotatable bonds is 5. The summed E-state index contributed by atoms with van der Waals surface area (Å²) in [4.78, 5) is 27.3. The van der Waals surface area contributed by atoms with Gasteiger partial charge in [-0.15, -0.1) is 11.3 Å². The lowest BCUT2D eigenvalue weighted by Gasteiger charge is -2.33. The molecule has 2 heterocycles. The molecule has 1 saturated heterocycles. The van der Waals surface area contributed by atoms with E-state index in [1.54, 1.807) is 7.11 Å². The van der Waals surface area contributed by atoms with E-state index >= 15 is 0 Å². The quantitative estimate of drug-likeness (QED) is 0.821. The van der Waals surface area contributed by atoms with E-state index in [0.717, 1.165) is 41.3 Å². The van der Waals surface area contributed by atoms with Crippen LogP contribution in [0.3, 0.4) is 0 Å². The van der Waals surface area contributed by atoms with Crippen molar-refractivity contribution in [2.45, 2.75) is 19.8 Å². The molecule has 2 N–H and O–H groups in total. The Morgan fingerprint density at radius 1 is 1.33 bits per heavy atom. The van der Waals surface area contributed by atoms with Crippen LogP contribution in [-0.4, -0.2) is 43.6 Å². The van der Waals surface area contributed by atoms with E-state index in [1.807, 2.05) is 47.5 Å². The minimum Gasteiger partial charge on any atom is -0.497 e. The zero-order chi connectivity index (χ0) is 19.2. The fraction of sp³-hybridized carbons (Fsp3) is 0.400. The van der Waals surface area contributed by atoms with Crippen molar-refractivity contribution in [2.24, 2.45) is 5.92 Å². The van der Waals surface area contributed by atoms with E-state index in [4.69, 9.17) is 4.74 Å². The second-order valence-electron chi connectivity index (χ2n) is 6.75. The second kappa shape index (κ2) is 8.90. The minimum atomic E-state index is -0.0995. The van der Waals surface area contributed by atoms with Gasteiger partial charge in [-0.3, -0.25) is 4.79 Å². The van der Waals surface area contributed by atoms with Crippen LogP contribution in [0.15, 0.2) is 35.7 Å². The first-order chi connectivity index (χ1) is 13.1. The first-order valence-electron chi connectivity index (χ1n) is 9.09. The molecule has 7 heteroatoms. The van der Waals surface area contributed by atoms with Gasteiger partial charge in [-0.25, -0.2) is 4.79 Å².